The first-order chi connectivity index (χ1) is 10.1. The summed E-state index contributed by atoms with van der Waals surface area (Å²) in [5.41, 5.74) is 6.00. The molecular formula is C14H23N5OS. The molecule has 1 amide bonds. The molecule has 0 spiro atoms. The Hall–Kier alpha value is -1.34. The summed E-state index contributed by atoms with van der Waals surface area (Å²) < 4.78 is 0. The molecule has 0 radical (unpaired) electrons. The molecule has 2 N–H and O–H groups in total. The Labute approximate surface area is 129 Å². The van der Waals surface area contributed by atoms with Crippen LogP contribution >= 0.6 is 11.3 Å². The fourth-order valence-electron chi connectivity index (χ4n) is 2.91. The fourth-order valence-corrected chi connectivity index (χ4v) is 3.92. The Kier molecular flexibility index (Phi) is 4.30. The van der Waals surface area contributed by atoms with Crippen LogP contribution in [-0.2, 0) is 0 Å². The molecule has 2 aliphatic heterocycles. The third kappa shape index (κ3) is 3.13. The van der Waals surface area contributed by atoms with Gasteiger partial charge in [-0.05, 0) is 32.9 Å². The Bertz CT molecular complexity index is 511. The topological polar surface area (TPSA) is 65.7 Å². The molecule has 2 aliphatic rings. The van der Waals surface area contributed by atoms with Crippen LogP contribution in [0.2, 0.25) is 0 Å². The lowest BCUT2D eigenvalue weighted by Crippen LogP contribution is -2.34. The van der Waals surface area contributed by atoms with Crippen molar-refractivity contribution in [3.8, 4) is 0 Å². The summed E-state index contributed by atoms with van der Waals surface area (Å²) in [6, 6.07) is 0. The number of carbonyl (C=O) groups excluding carboxylic acids is 1. The Balaban J connectivity index is 1.74. The van der Waals surface area contributed by atoms with Crippen LogP contribution in [0.3, 0.4) is 0 Å². The Morgan fingerprint density at radius 2 is 1.86 bits per heavy atom. The molecule has 6 nitrogen and oxygen atoms in total. The number of thiazole rings is 1. The van der Waals surface area contributed by atoms with Crippen LogP contribution in [0.5, 0.6) is 0 Å². The van der Waals surface area contributed by atoms with E-state index in [0.29, 0.717) is 10.7 Å². The van der Waals surface area contributed by atoms with Crippen molar-refractivity contribution < 1.29 is 4.79 Å². The third-order valence-corrected chi connectivity index (χ3v) is 5.34. The molecule has 116 valence electrons. The van der Waals surface area contributed by atoms with Crippen molar-refractivity contribution in [3.05, 3.63) is 4.88 Å². The molecule has 0 atom stereocenters. The van der Waals surface area contributed by atoms with Gasteiger partial charge in [-0.15, -0.1) is 0 Å². The van der Waals surface area contributed by atoms with Gasteiger partial charge in [-0.2, -0.15) is 0 Å². The Morgan fingerprint density at radius 1 is 1.10 bits per heavy atom. The molecule has 7 heteroatoms. The lowest BCUT2D eigenvalue weighted by Gasteiger charge is -2.19. The monoisotopic (exact) mass is 309 g/mol. The molecule has 21 heavy (non-hydrogen) atoms. The maximum Gasteiger partial charge on any atom is 0.267 e. The van der Waals surface area contributed by atoms with Gasteiger partial charge in [-0.1, -0.05) is 11.3 Å². The number of carbonyl (C=O) groups is 1. The molecule has 0 aromatic carbocycles. The molecule has 0 unspecified atom stereocenters. The van der Waals surface area contributed by atoms with Crippen molar-refractivity contribution in [1.29, 1.82) is 0 Å². The van der Waals surface area contributed by atoms with Crippen LogP contribution < -0.4 is 10.6 Å². The molecule has 2 fully saturated rings. The molecule has 3 heterocycles. The maximum atomic E-state index is 12.7. The van der Waals surface area contributed by atoms with Gasteiger partial charge in [0.05, 0.1) is 0 Å². The van der Waals surface area contributed by atoms with Crippen LogP contribution in [0.25, 0.3) is 0 Å². The van der Waals surface area contributed by atoms with Gasteiger partial charge in [-0.3, -0.25) is 4.79 Å². The van der Waals surface area contributed by atoms with Gasteiger partial charge in [0, 0.05) is 32.7 Å². The number of nitrogen functional groups attached to an aromatic ring is 1. The van der Waals surface area contributed by atoms with Crippen LogP contribution in [0, 0.1) is 0 Å². The number of likely N-dealkylation sites (N-methyl/N-ethyl adjacent to an activating group) is 1. The highest BCUT2D eigenvalue weighted by Crippen LogP contribution is 2.31. The molecule has 0 saturated carbocycles. The average molecular weight is 309 g/mol. The van der Waals surface area contributed by atoms with E-state index in [2.05, 4.69) is 21.8 Å². The van der Waals surface area contributed by atoms with E-state index in [4.69, 9.17) is 5.73 Å². The standard InChI is InChI=1S/C14H23N5OS/c1-17-5-4-8-18(10-9-17)13(20)11-12(15)16-14(21-11)19-6-2-3-7-19/h2-10,15H2,1H3. The van der Waals surface area contributed by atoms with Crippen LogP contribution in [0.4, 0.5) is 10.9 Å². The van der Waals surface area contributed by atoms with E-state index in [-0.39, 0.29) is 5.91 Å². The second-order valence-electron chi connectivity index (χ2n) is 5.85. The highest BCUT2D eigenvalue weighted by molar-refractivity contribution is 7.18. The summed E-state index contributed by atoms with van der Waals surface area (Å²) in [6.45, 7) is 5.58. The van der Waals surface area contributed by atoms with Crippen molar-refractivity contribution in [2.75, 3.05) is 56.9 Å². The van der Waals surface area contributed by atoms with Crippen molar-refractivity contribution in [3.63, 3.8) is 0 Å². The van der Waals surface area contributed by atoms with Crippen molar-refractivity contribution in [1.82, 2.24) is 14.8 Å². The third-order valence-electron chi connectivity index (χ3n) is 4.22. The minimum absolute atomic E-state index is 0.0470. The maximum absolute atomic E-state index is 12.7. The van der Waals surface area contributed by atoms with E-state index < -0.39 is 0 Å². The van der Waals surface area contributed by atoms with Gasteiger partial charge in [0.2, 0.25) is 0 Å². The van der Waals surface area contributed by atoms with Crippen molar-refractivity contribution >= 4 is 28.2 Å². The number of rotatable bonds is 2. The van der Waals surface area contributed by atoms with Crippen LogP contribution in [0.15, 0.2) is 0 Å². The quantitative estimate of drug-likeness (QED) is 0.886. The minimum atomic E-state index is 0.0470. The number of hydrogen-bond acceptors (Lipinski definition) is 6. The number of hydrogen-bond donors (Lipinski definition) is 1. The van der Waals surface area contributed by atoms with Crippen molar-refractivity contribution in [2.24, 2.45) is 0 Å². The normalized spacial score (nSPS) is 20.8. The predicted octanol–water partition coefficient (Wildman–Crippen LogP) is 1.10. The molecule has 2 saturated heterocycles. The van der Waals surface area contributed by atoms with Gasteiger partial charge >= 0.3 is 0 Å². The number of nitrogens with two attached hydrogens (primary N) is 1. The minimum Gasteiger partial charge on any atom is -0.382 e. The summed E-state index contributed by atoms with van der Waals surface area (Å²) in [5, 5.41) is 0.903. The van der Waals surface area contributed by atoms with Gasteiger partial charge < -0.3 is 20.4 Å². The molecule has 3 rings (SSSR count). The van der Waals surface area contributed by atoms with Gasteiger partial charge in [0.15, 0.2) is 5.13 Å². The number of anilines is 2. The zero-order chi connectivity index (χ0) is 14.8. The van der Waals surface area contributed by atoms with E-state index >= 15 is 0 Å². The second-order valence-corrected chi connectivity index (χ2v) is 6.83. The van der Waals surface area contributed by atoms with Gasteiger partial charge in [0.25, 0.3) is 5.91 Å². The zero-order valence-corrected chi connectivity index (χ0v) is 13.4. The number of nitrogens with zero attached hydrogens (tertiary/aromatic N) is 4. The summed E-state index contributed by atoms with van der Waals surface area (Å²) in [7, 11) is 2.10. The van der Waals surface area contributed by atoms with Crippen molar-refractivity contribution in [2.45, 2.75) is 19.3 Å². The molecule has 1 aromatic heterocycles. The van der Waals surface area contributed by atoms with E-state index in [0.717, 1.165) is 50.8 Å². The highest BCUT2D eigenvalue weighted by atomic mass is 32.1. The lowest BCUT2D eigenvalue weighted by molar-refractivity contribution is 0.0768. The van der Waals surface area contributed by atoms with Crippen LogP contribution in [-0.4, -0.2) is 67.0 Å². The van der Waals surface area contributed by atoms with Gasteiger partial charge in [0.1, 0.15) is 10.7 Å². The first-order valence-electron chi connectivity index (χ1n) is 7.64. The van der Waals surface area contributed by atoms with Gasteiger partial charge in [-0.25, -0.2) is 4.98 Å². The molecule has 0 bridgehead atoms. The smallest absolute Gasteiger partial charge is 0.267 e. The predicted molar refractivity (Wildman–Crippen MR) is 86.0 cm³/mol. The SMILES string of the molecule is CN1CCCN(C(=O)c2sc(N3CCCC3)nc2N)CC1. The van der Waals surface area contributed by atoms with E-state index in [9.17, 15) is 4.79 Å². The summed E-state index contributed by atoms with van der Waals surface area (Å²) in [4.78, 5) is 24.1. The largest absolute Gasteiger partial charge is 0.382 e. The van der Waals surface area contributed by atoms with Crippen LogP contribution in [0.1, 0.15) is 28.9 Å². The van der Waals surface area contributed by atoms with E-state index in [1.165, 1.54) is 24.2 Å². The zero-order valence-electron chi connectivity index (χ0n) is 12.5. The Morgan fingerprint density at radius 3 is 2.62 bits per heavy atom. The summed E-state index contributed by atoms with van der Waals surface area (Å²) in [6.07, 6.45) is 3.41. The second kappa shape index (κ2) is 6.19. The highest BCUT2D eigenvalue weighted by Gasteiger charge is 2.26. The van der Waals surface area contributed by atoms with E-state index in [1.54, 1.807) is 0 Å². The molecule has 0 aliphatic carbocycles. The van der Waals surface area contributed by atoms with E-state index in [1.807, 2.05) is 4.90 Å². The summed E-state index contributed by atoms with van der Waals surface area (Å²) >= 11 is 1.45. The average Bonchev–Trinajstić information content (AvgIpc) is 3.06. The number of aromatic nitrogens is 1. The number of amides is 1. The molecular weight excluding hydrogens is 286 g/mol. The first-order valence-corrected chi connectivity index (χ1v) is 8.46. The molecule has 1 aromatic rings. The first kappa shape index (κ1) is 14.6. The fraction of sp³-hybridized carbons (Fsp3) is 0.714. The summed E-state index contributed by atoms with van der Waals surface area (Å²) in [5.74, 6) is 0.440. The lowest BCUT2D eigenvalue weighted by atomic mass is 10.3.